The second-order valence-corrected chi connectivity index (χ2v) is 6.23. The molecule has 0 heterocycles. The molecule has 2 heteroatoms. The molecule has 0 aromatic heterocycles. The van der Waals surface area contributed by atoms with Gasteiger partial charge < -0.3 is 5.32 Å². The van der Waals surface area contributed by atoms with E-state index in [1.165, 1.54) is 19.9 Å². The van der Waals surface area contributed by atoms with Gasteiger partial charge in [0, 0.05) is 15.3 Å². The first kappa shape index (κ1) is 13.4. The molecule has 0 amide bonds. The summed E-state index contributed by atoms with van der Waals surface area (Å²) < 4.78 is 1.26. The zero-order chi connectivity index (χ0) is 13.9. The van der Waals surface area contributed by atoms with E-state index < -0.39 is 0 Å². The maximum atomic E-state index is 3.55. The van der Waals surface area contributed by atoms with E-state index in [1.807, 2.05) is 0 Å². The largest absolute Gasteiger partial charge is 0.379 e. The van der Waals surface area contributed by atoms with E-state index in [-0.39, 0.29) is 0 Å². The number of hydrogen-bond acceptors (Lipinski definition) is 1. The van der Waals surface area contributed by atoms with Crippen LogP contribution in [0.4, 0.5) is 5.69 Å². The van der Waals surface area contributed by atoms with Crippen molar-refractivity contribution in [1.82, 2.24) is 0 Å². The van der Waals surface area contributed by atoms with E-state index in [2.05, 4.69) is 102 Å². The second-order valence-electron chi connectivity index (χ2n) is 4.98. The van der Waals surface area contributed by atoms with Crippen LogP contribution in [0.5, 0.6) is 0 Å². The predicted molar refractivity (Wildman–Crippen MR) is 95.1 cm³/mol. The van der Waals surface area contributed by atoms with Crippen LogP contribution in [0.15, 0.2) is 66.7 Å². The van der Waals surface area contributed by atoms with Crippen LogP contribution in [-0.2, 0) is 0 Å². The van der Waals surface area contributed by atoms with Gasteiger partial charge in [-0.05, 0) is 76.2 Å². The Balaban J connectivity index is 1.84. The molecular weight excluding hydrogens is 357 g/mol. The summed E-state index contributed by atoms with van der Waals surface area (Å²) in [5, 5.41) is 6.13. The second kappa shape index (κ2) is 5.83. The molecule has 0 saturated carbocycles. The van der Waals surface area contributed by atoms with Gasteiger partial charge >= 0.3 is 0 Å². The Morgan fingerprint density at radius 3 is 2.30 bits per heavy atom. The number of anilines is 1. The highest BCUT2D eigenvalue weighted by Crippen LogP contribution is 2.23. The van der Waals surface area contributed by atoms with Crippen molar-refractivity contribution in [2.45, 2.75) is 13.0 Å². The summed E-state index contributed by atoms with van der Waals surface area (Å²) in [4.78, 5) is 0. The third kappa shape index (κ3) is 2.96. The summed E-state index contributed by atoms with van der Waals surface area (Å²) in [6.45, 7) is 2.20. The molecule has 3 aromatic rings. The number of nitrogens with one attached hydrogen (secondary N) is 1. The van der Waals surface area contributed by atoms with Gasteiger partial charge in [0.25, 0.3) is 0 Å². The third-order valence-corrected chi connectivity index (χ3v) is 4.22. The fraction of sp³-hybridized carbons (Fsp3) is 0.111. The highest BCUT2D eigenvalue weighted by Gasteiger charge is 2.06. The van der Waals surface area contributed by atoms with Gasteiger partial charge in [-0.25, -0.2) is 0 Å². The number of fused-ring (bicyclic) bond motifs is 1. The molecule has 3 rings (SSSR count). The molecule has 100 valence electrons. The van der Waals surface area contributed by atoms with Crippen molar-refractivity contribution in [3.05, 3.63) is 75.9 Å². The van der Waals surface area contributed by atoms with Crippen molar-refractivity contribution in [3.8, 4) is 0 Å². The average molecular weight is 373 g/mol. The number of halogens is 1. The molecule has 1 N–H and O–H groups in total. The van der Waals surface area contributed by atoms with Gasteiger partial charge in [0.1, 0.15) is 0 Å². The van der Waals surface area contributed by atoms with Crippen molar-refractivity contribution < 1.29 is 0 Å². The highest BCUT2D eigenvalue weighted by atomic mass is 127. The zero-order valence-electron chi connectivity index (χ0n) is 11.3. The minimum atomic E-state index is 0.291. The zero-order valence-corrected chi connectivity index (χ0v) is 13.5. The normalized spacial score (nSPS) is 12.3. The lowest BCUT2D eigenvalue weighted by Crippen LogP contribution is -2.06. The van der Waals surface area contributed by atoms with Crippen LogP contribution in [0, 0.1) is 3.57 Å². The van der Waals surface area contributed by atoms with E-state index in [4.69, 9.17) is 0 Å². The van der Waals surface area contributed by atoms with Gasteiger partial charge in [0.05, 0.1) is 0 Å². The minimum absolute atomic E-state index is 0.291. The SMILES string of the molecule is CC(Nc1ccc(I)cc1)c1ccc2ccccc2c1. The summed E-state index contributed by atoms with van der Waals surface area (Å²) in [7, 11) is 0. The topological polar surface area (TPSA) is 12.0 Å². The van der Waals surface area contributed by atoms with Crippen molar-refractivity contribution in [3.63, 3.8) is 0 Å². The molecule has 0 aliphatic heterocycles. The van der Waals surface area contributed by atoms with E-state index in [0.717, 1.165) is 5.69 Å². The van der Waals surface area contributed by atoms with Gasteiger partial charge in [-0.1, -0.05) is 36.4 Å². The Labute approximate surface area is 133 Å². The summed E-state index contributed by atoms with van der Waals surface area (Å²) >= 11 is 2.32. The molecule has 0 aliphatic carbocycles. The lowest BCUT2D eigenvalue weighted by atomic mass is 10.0. The number of hydrogen-bond donors (Lipinski definition) is 1. The molecule has 0 saturated heterocycles. The Bertz CT molecular complexity index is 719. The van der Waals surface area contributed by atoms with Crippen molar-refractivity contribution in [2.24, 2.45) is 0 Å². The lowest BCUT2D eigenvalue weighted by molar-refractivity contribution is 0.887. The van der Waals surface area contributed by atoms with Crippen LogP contribution in [0.25, 0.3) is 10.8 Å². The van der Waals surface area contributed by atoms with Crippen molar-refractivity contribution in [2.75, 3.05) is 5.32 Å². The van der Waals surface area contributed by atoms with E-state index >= 15 is 0 Å². The first-order valence-corrected chi connectivity index (χ1v) is 7.81. The van der Waals surface area contributed by atoms with Crippen molar-refractivity contribution in [1.29, 1.82) is 0 Å². The molecule has 0 bridgehead atoms. The summed E-state index contributed by atoms with van der Waals surface area (Å²) in [5.74, 6) is 0. The van der Waals surface area contributed by atoms with E-state index in [9.17, 15) is 0 Å². The van der Waals surface area contributed by atoms with Crippen LogP contribution < -0.4 is 5.32 Å². The maximum Gasteiger partial charge on any atom is 0.0485 e. The van der Waals surface area contributed by atoms with Crippen LogP contribution in [-0.4, -0.2) is 0 Å². The van der Waals surface area contributed by atoms with Crippen molar-refractivity contribution >= 4 is 39.1 Å². The molecule has 0 spiro atoms. The van der Waals surface area contributed by atoms with Gasteiger partial charge in [-0.15, -0.1) is 0 Å². The molecule has 1 atom stereocenters. The van der Waals surface area contributed by atoms with Gasteiger partial charge in [0.15, 0.2) is 0 Å². The molecule has 1 unspecified atom stereocenters. The van der Waals surface area contributed by atoms with Crippen LogP contribution in [0.3, 0.4) is 0 Å². The average Bonchev–Trinajstić information content (AvgIpc) is 2.49. The fourth-order valence-electron chi connectivity index (χ4n) is 2.36. The van der Waals surface area contributed by atoms with Gasteiger partial charge in [-0.2, -0.15) is 0 Å². The third-order valence-electron chi connectivity index (χ3n) is 3.50. The predicted octanol–water partition coefficient (Wildman–Crippen LogP) is 5.62. The molecule has 20 heavy (non-hydrogen) atoms. The number of rotatable bonds is 3. The molecule has 0 fully saturated rings. The Kier molecular flexibility index (Phi) is 3.92. The maximum absolute atomic E-state index is 3.55. The summed E-state index contributed by atoms with van der Waals surface area (Å²) in [6, 6.07) is 23.9. The first-order chi connectivity index (χ1) is 9.72. The Morgan fingerprint density at radius 2 is 1.55 bits per heavy atom. The molecule has 0 aliphatic rings. The van der Waals surface area contributed by atoms with Crippen LogP contribution >= 0.6 is 22.6 Å². The van der Waals surface area contributed by atoms with Gasteiger partial charge in [-0.3, -0.25) is 0 Å². The van der Waals surface area contributed by atoms with Crippen LogP contribution in [0.2, 0.25) is 0 Å². The molecular formula is C18H16IN. The molecule has 1 nitrogen and oxygen atoms in total. The fourth-order valence-corrected chi connectivity index (χ4v) is 2.72. The Hall–Kier alpha value is -1.55. The van der Waals surface area contributed by atoms with Crippen LogP contribution in [0.1, 0.15) is 18.5 Å². The summed E-state index contributed by atoms with van der Waals surface area (Å²) in [6.07, 6.45) is 0. The Morgan fingerprint density at radius 1 is 0.850 bits per heavy atom. The number of benzene rings is 3. The lowest BCUT2D eigenvalue weighted by Gasteiger charge is -2.16. The van der Waals surface area contributed by atoms with Gasteiger partial charge in [0.2, 0.25) is 0 Å². The van der Waals surface area contributed by atoms with E-state index in [0.29, 0.717) is 6.04 Å². The standard InChI is InChI=1S/C18H16IN/c1-13(20-18-10-8-17(19)9-11-18)15-7-6-14-4-2-3-5-16(14)12-15/h2-13,20H,1H3. The molecule has 0 radical (unpaired) electrons. The minimum Gasteiger partial charge on any atom is -0.379 e. The summed E-state index contributed by atoms with van der Waals surface area (Å²) in [5.41, 5.74) is 2.47. The monoisotopic (exact) mass is 373 g/mol. The smallest absolute Gasteiger partial charge is 0.0485 e. The highest BCUT2D eigenvalue weighted by molar-refractivity contribution is 14.1. The first-order valence-electron chi connectivity index (χ1n) is 6.73. The quantitative estimate of drug-likeness (QED) is 0.588. The molecule has 3 aromatic carbocycles. The van der Waals surface area contributed by atoms with E-state index in [1.54, 1.807) is 0 Å².